The van der Waals surface area contributed by atoms with Crippen LogP contribution in [0.4, 0.5) is 26.3 Å². The number of likely N-dealkylation sites (tertiary alicyclic amines) is 2. The zero-order valence-corrected chi connectivity index (χ0v) is 21.2. The van der Waals surface area contributed by atoms with Crippen LogP contribution in [0.1, 0.15) is 29.8 Å². The topological polar surface area (TPSA) is 124 Å². The molecule has 0 bridgehead atoms. The second-order valence-electron chi connectivity index (χ2n) is 8.95. The molecule has 0 aromatic carbocycles. The molecule has 1 spiro atoms. The highest BCUT2D eigenvalue weighted by Gasteiger charge is 2.42. The number of piperidine rings is 1. The molecule has 2 N–H and O–H groups in total. The predicted octanol–water partition coefficient (Wildman–Crippen LogP) is 3.86. The predicted molar refractivity (Wildman–Crippen MR) is 126 cm³/mol. The van der Waals surface area contributed by atoms with Gasteiger partial charge in [0, 0.05) is 49.0 Å². The lowest BCUT2D eigenvalue weighted by Crippen LogP contribution is -2.47. The van der Waals surface area contributed by atoms with Gasteiger partial charge in [-0.3, -0.25) is 14.7 Å². The van der Waals surface area contributed by atoms with E-state index in [0.717, 1.165) is 44.7 Å². The van der Waals surface area contributed by atoms with Gasteiger partial charge in [0.1, 0.15) is 5.01 Å². The Morgan fingerprint density at radius 2 is 1.62 bits per heavy atom. The summed E-state index contributed by atoms with van der Waals surface area (Å²) in [6, 6.07) is 3.88. The van der Waals surface area contributed by atoms with Gasteiger partial charge >= 0.3 is 24.3 Å². The number of halogens is 6. The van der Waals surface area contributed by atoms with Crippen LogP contribution < -0.4 is 0 Å². The lowest BCUT2D eigenvalue weighted by Gasteiger charge is -2.40. The molecule has 39 heavy (non-hydrogen) atoms. The van der Waals surface area contributed by atoms with Crippen LogP contribution in [-0.2, 0) is 27.3 Å². The minimum atomic E-state index is -5.08. The number of amides is 1. The molecule has 1 amide bonds. The number of carboxylic acid groups (broad SMARTS) is 2. The Morgan fingerprint density at radius 1 is 0.974 bits per heavy atom. The zero-order chi connectivity index (χ0) is 29.3. The Balaban J connectivity index is 0.000000317. The molecule has 16 heteroatoms. The molecule has 1 atom stereocenters. The van der Waals surface area contributed by atoms with Crippen molar-refractivity contribution in [1.82, 2.24) is 19.8 Å². The fourth-order valence-corrected chi connectivity index (χ4v) is 4.89. The lowest BCUT2D eigenvalue weighted by molar-refractivity contribution is -0.193. The van der Waals surface area contributed by atoms with Crippen molar-refractivity contribution >= 4 is 29.2 Å². The monoisotopic (exact) mass is 584 g/mol. The first-order chi connectivity index (χ1) is 18.1. The van der Waals surface area contributed by atoms with Crippen molar-refractivity contribution < 1.29 is 50.9 Å². The molecular weight excluding hydrogens is 558 g/mol. The largest absolute Gasteiger partial charge is 0.490 e. The van der Waals surface area contributed by atoms with E-state index in [-0.39, 0.29) is 11.3 Å². The lowest BCUT2D eigenvalue weighted by atomic mass is 9.79. The number of carbonyl (C=O) groups is 3. The number of thiazole rings is 1. The van der Waals surface area contributed by atoms with Gasteiger partial charge < -0.3 is 15.1 Å². The molecule has 9 nitrogen and oxygen atoms in total. The summed E-state index contributed by atoms with van der Waals surface area (Å²) in [6.45, 7) is 4.95. The molecule has 1 unspecified atom stereocenters. The number of rotatable bonds is 4. The molecular formula is C23H26F6N4O5S. The van der Waals surface area contributed by atoms with Crippen LogP contribution in [0.2, 0.25) is 0 Å². The van der Waals surface area contributed by atoms with E-state index in [0.29, 0.717) is 6.42 Å². The van der Waals surface area contributed by atoms with Crippen LogP contribution in [-0.4, -0.2) is 86.4 Å². The van der Waals surface area contributed by atoms with Crippen LogP contribution in [0.3, 0.4) is 0 Å². The molecule has 2 aromatic heterocycles. The first-order valence-electron chi connectivity index (χ1n) is 11.5. The van der Waals surface area contributed by atoms with Crippen LogP contribution in [0.15, 0.2) is 36.1 Å². The molecule has 2 fully saturated rings. The average molecular weight is 585 g/mol. The minimum Gasteiger partial charge on any atom is -0.475 e. The van der Waals surface area contributed by atoms with E-state index < -0.39 is 24.3 Å². The number of alkyl halides is 6. The summed E-state index contributed by atoms with van der Waals surface area (Å²) >= 11 is 1.73. The van der Waals surface area contributed by atoms with Gasteiger partial charge in [0.15, 0.2) is 0 Å². The van der Waals surface area contributed by atoms with Crippen LogP contribution in [0, 0.1) is 5.41 Å². The number of nitrogens with zero attached hydrogens (tertiary/aromatic N) is 4. The highest BCUT2D eigenvalue weighted by atomic mass is 32.1. The van der Waals surface area contributed by atoms with Gasteiger partial charge in [-0.2, -0.15) is 26.3 Å². The molecule has 4 heterocycles. The fraction of sp³-hybridized carbons (Fsp3) is 0.522. The van der Waals surface area contributed by atoms with Crippen LogP contribution >= 0.6 is 11.3 Å². The number of pyridine rings is 1. The van der Waals surface area contributed by atoms with Crippen molar-refractivity contribution in [3.05, 3.63) is 46.7 Å². The SMILES string of the molecule is O=C(Cc1cccnc1)N1CCCC2(CCN(Cc3nccs3)C2)C1.O=C(O)C(F)(F)F.O=C(O)C(F)(F)F. The Hall–Kier alpha value is -3.27. The Bertz CT molecular complexity index is 1060. The molecule has 0 radical (unpaired) electrons. The van der Waals surface area contributed by atoms with E-state index in [1.54, 1.807) is 23.7 Å². The molecule has 2 aromatic rings. The van der Waals surface area contributed by atoms with E-state index in [1.165, 1.54) is 17.8 Å². The van der Waals surface area contributed by atoms with Crippen molar-refractivity contribution in [1.29, 1.82) is 0 Å². The van der Waals surface area contributed by atoms with Crippen molar-refractivity contribution in [2.24, 2.45) is 5.41 Å². The van der Waals surface area contributed by atoms with Gasteiger partial charge in [0.25, 0.3) is 0 Å². The number of aromatic nitrogens is 2. The number of carboxylic acids is 2. The first kappa shape index (κ1) is 31.9. The van der Waals surface area contributed by atoms with Crippen molar-refractivity contribution in [3.63, 3.8) is 0 Å². The number of hydrogen-bond donors (Lipinski definition) is 2. The van der Waals surface area contributed by atoms with Gasteiger partial charge in [-0.05, 0) is 37.4 Å². The third kappa shape index (κ3) is 10.8. The number of hydrogen-bond acceptors (Lipinski definition) is 7. The first-order valence-corrected chi connectivity index (χ1v) is 12.4. The summed E-state index contributed by atoms with van der Waals surface area (Å²) in [5.74, 6) is -5.27. The van der Waals surface area contributed by atoms with E-state index in [1.807, 2.05) is 23.7 Å². The zero-order valence-electron chi connectivity index (χ0n) is 20.4. The van der Waals surface area contributed by atoms with Gasteiger partial charge in [-0.1, -0.05) is 6.07 Å². The van der Waals surface area contributed by atoms with Crippen molar-refractivity contribution in [3.8, 4) is 0 Å². The maximum Gasteiger partial charge on any atom is 0.490 e. The summed E-state index contributed by atoms with van der Waals surface area (Å²) in [5, 5.41) is 17.5. The Morgan fingerprint density at radius 3 is 2.13 bits per heavy atom. The van der Waals surface area contributed by atoms with Crippen LogP contribution in [0.5, 0.6) is 0 Å². The maximum absolute atomic E-state index is 12.7. The summed E-state index contributed by atoms with van der Waals surface area (Å²) in [4.78, 5) is 43.6. The van der Waals surface area contributed by atoms with Gasteiger partial charge in [0.05, 0.1) is 13.0 Å². The smallest absolute Gasteiger partial charge is 0.475 e. The number of aliphatic carboxylic acids is 2. The van der Waals surface area contributed by atoms with E-state index >= 15 is 0 Å². The Labute approximate surface area is 223 Å². The van der Waals surface area contributed by atoms with Gasteiger partial charge in [-0.25, -0.2) is 14.6 Å². The highest BCUT2D eigenvalue weighted by Crippen LogP contribution is 2.39. The standard InChI is InChI=1S/C19H24N4OS.2C2HF3O2/c24-18(11-16-3-1-6-20-12-16)23-8-2-4-19(15-23)5-9-22(14-19)13-17-21-7-10-25-17;2*3-2(4,5)1(6)7/h1,3,6-7,10,12H,2,4-5,8-9,11,13-15H2;2*(H,6,7). The Kier molecular flexibility index (Phi) is 11.2. The van der Waals surface area contributed by atoms with E-state index in [9.17, 15) is 31.1 Å². The molecule has 2 aliphatic heterocycles. The summed E-state index contributed by atoms with van der Waals surface area (Å²) in [7, 11) is 0. The number of carbonyl (C=O) groups excluding carboxylic acids is 1. The molecule has 0 saturated carbocycles. The second kappa shape index (κ2) is 13.7. The molecule has 4 rings (SSSR count). The average Bonchev–Trinajstić information content (AvgIpc) is 3.50. The van der Waals surface area contributed by atoms with E-state index in [4.69, 9.17) is 19.8 Å². The van der Waals surface area contributed by atoms with E-state index in [2.05, 4.69) is 19.8 Å². The highest BCUT2D eigenvalue weighted by molar-refractivity contribution is 7.09. The normalized spacial score (nSPS) is 19.5. The summed E-state index contributed by atoms with van der Waals surface area (Å²) in [6.07, 6.45) is -0.739. The van der Waals surface area contributed by atoms with Crippen LogP contribution in [0.25, 0.3) is 0 Å². The molecule has 2 saturated heterocycles. The summed E-state index contributed by atoms with van der Waals surface area (Å²) < 4.78 is 63.5. The maximum atomic E-state index is 12.7. The van der Waals surface area contributed by atoms with Gasteiger partial charge in [0.2, 0.25) is 5.91 Å². The molecule has 2 aliphatic rings. The third-order valence-corrected chi connectivity index (χ3v) is 6.70. The minimum absolute atomic E-state index is 0.241. The van der Waals surface area contributed by atoms with Gasteiger partial charge in [-0.15, -0.1) is 11.3 Å². The fourth-order valence-electron chi connectivity index (χ4n) is 4.23. The van der Waals surface area contributed by atoms with Crippen molar-refractivity contribution in [2.45, 2.75) is 44.6 Å². The quantitative estimate of drug-likeness (QED) is 0.520. The van der Waals surface area contributed by atoms with Crippen molar-refractivity contribution in [2.75, 3.05) is 26.2 Å². The second-order valence-corrected chi connectivity index (χ2v) is 9.93. The third-order valence-electron chi connectivity index (χ3n) is 5.94. The molecule has 216 valence electrons. The molecule has 0 aliphatic carbocycles. The summed E-state index contributed by atoms with van der Waals surface area (Å²) in [5.41, 5.74) is 1.28.